The maximum Gasteiger partial charge on any atom is 0.309 e. The van der Waals surface area contributed by atoms with Crippen LogP contribution in [0.5, 0.6) is 0 Å². The summed E-state index contributed by atoms with van der Waals surface area (Å²) < 4.78 is 13.3. The lowest BCUT2D eigenvalue weighted by Crippen LogP contribution is -2.40. The Balaban J connectivity index is 1.49. The van der Waals surface area contributed by atoms with Crippen molar-refractivity contribution < 1.29 is 19.1 Å². The number of ether oxygens (including phenoxy) is 2. The predicted octanol–water partition coefficient (Wildman–Crippen LogP) is 2.44. The topological polar surface area (TPSA) is 85.7 Å². The molecule has 1 aromatic heterocycles. The van der Waals surface area contributed by atoms with Gasteiger partial charge in [0.05, 0.1) is 18.2 Å². The average Bonchev–Trinajstić information content (AvgIpc) is 3.05. The number of carbonyl (C=O) groups is 2. The van der Waals surface area contributed by atoms with Crippen LogP contribution in [0.15, 0.2) is 0 Å². The number of piperidine rings is 1. The number of esters is 1. The Morgan fingerprint density at radius 3 is 2.64 bits per heavy atom. The fourth-order valence-corrected chi connectivity index (χ4v) is 5.44. The second kappa shape index (κ2) is 9.74. The Bertz CT molecular complexity index is 864. The molecular formula is C25H40N4O4. The Kier molecular flexibility index (Phi) is 7.15. The minimum Gasteiger partial charge on any atom is -0.465 e. The van der Waals surface area contributed by atoms with Gasteiger partial charge in [0.25, 0.3) is 5.91 Å². The summed E-state index contributed by atoms with van der Waals surface area (Å²) in [5, 5.41) is 8.03. The number of rotatable bonds is 6. The Hall–Kier alpha value is -1.93. The highest BCUT2D eigenvalue weighted by Crippen LogP contribution is 2.39. The van der Waals surface area contributed by atoms with Crippen molar-refractivity contribution in [3.63, 3.8) is 0 Å². The zero-order valence-electron chi connectivity index (χ0n) is 20.7. The van der Waals surface area contributed by atoms with E-state index in [1.807, 2.05) is 11.6 Å². The van der Waals surface area contributed by atoms with Gasteiger partial charge in [0.2, 0.25) is 0 Å². The second-order valence-electron chi connectivity index (χ2n) is 11.1. The number of nitrogens with one attached hydrogen (secondary N) is 1. The van der Waals surface area contributed by atoms with Crippen LogP contribution in [0.3, 0.4) is 0 Å². The van der Waals surface area contributed by atoms with E-state index in [0.717, 1.165) is 69.7 Å². The summed E-state index contributed by atoms with van der Waals surface area (Å²) in [7, 11) is 2.09. The van der Waals surface area contributed by atoms with Crippen molar-refractivity contribution >= 4 is 11.9 Å². The predicted molar refractivity (Wildman–Crippen MR) is 125 cm³/mol. The van der Waals surface area contributed by atoms with Gasteiger partial charge in [-0.1, -0.05) is 13.8 Å². The number of amides is 1. The van der Waals surface area contributed by atoms with Gasteiger partial charge in [0, 0.05) is 43.7 Å². The third-order valence-electron chi connectivity index (χ3n) is 7.68. The van der Waals surface area contributed by atoms with E-state index in [1.54, 1.807) is 0 Å². The summed E-state index contributed by atoms with van der Waals surface area (Å²) in [5.41, 5.74) is 2.50. The number of aromatic nitrogens is 2. The first kappa shape index (κ1) is 24.2. The molecule has 1 amide bonds. The first-order chi connectivity index (χ1) is 15.7. The first-order valence-electron chi connectivity index (χ1n) is 12.5. The molecule has 184 valence electrons. The molecule has 4 rings (SSSR count). The third kappa shape index (κ3) is 5.43. The molecule has 0 aromatic carbocycles. The fraction of sp³-hybridized carbons (Fsp3) is 0.800. The molecule has 0 unspecified atom stereocenters. The van der Waals surface area contributed by atoms with Gasteiger partial charge < -0.3 is 19.7 Å². The SMILES string of the molecule is CCn1nc(CC(C)(C)COC(=O)C2CCN(C)CC2)c2c1C(=O)NCC1(CCOCC1)C2. The lowest BCUT2D eigenvalue weighted by molar-refractivity contribution is -0.153. The van der Waals surface area contributed by atoms with E-state index < -0.39 is 0 Å². The molecule has 2 fully saturated rings. The van der Waals surface area contributed by atoms with Gasteiger partial charge in [-0.2, -0.15) is 5.10 Å². The van der Waals surface area contributed by atoms with Crippen LogP contribution in [0.4, 0.5) is 0 Å². The number of nitrogens with zero attached hydrogens (tertiary/aromatic N) is 3. The minimum absolute atomic E-state index is 0.00430. The fourth-order valence-electron chi connectivity index (χ4n) is 5.44. The number of likely N-dealkylation sites (tertiary alicyclic amines) is 1. The van der Waals surface area contributed by atoms with Crippen LogP contribution in [-0.2, 0) is 33.7 Å². The summed E-state index contributed by atoms with van der Waals surface area (Å²) in [6, 6.07) is 0. The summed E-state index contributed by atoms with van der Waals surface area (Å²) in [4.78, 5) is 27.9. The van der Waals surface area contributed by atoms with Crippen LogP contribution in [0.2, 0.25) is 0 Å². The Morgan fingerprint density at radius 1 is 1.27 bits per heavy atom. The monoisotopic (exact) mass is 460 g/mol. The van der Waals surface area contributed by atoms with Crippen molar-refractivity contribution in [3.05, 3.63) is 17.0 Å². The van der Waals surface area contributed by atoms with E-state index in [4.69, 9.17) is 14.6 Å². The van der Waals surface area contributed by atoms with Crippen molar-refractivity contribution in [3.8, 4) is 0 Å². The van der Waals surface area contributed by atoms with Gasteiger partial charge in [-0.05, 0) is 64.6 Å². The zero-order chi connectivity index (χ0) is 23.6. The van der Waals surface area contributed by atoms with Crippen molar-refractivity contribution in [2.45, 2.75) is 65.8 Å². The molecule has 0 bridgehead atoms. The Labute approximate surface area is 197 Å². The summed E-state index contributed by atoms with van der Waals surface area (Å²) in [6.45, 7) is 11.3. The molecule has 0 aliphatic carbocycles. The smallest absolute Gasteiger partial charge is 0.309 e. The first-order valence-corrected chi connectivity index (χ1v) is 12.5. The molecule has 4 heterocycles. The third-order valence-corrected chi connectivity index (χ3v) is 7.68. The van der Waals surface area contributed by atoms with Gasteiger partial charge in [-0.3, -0.25) is 14.3 Å². The quantitative estimate of drug-likeness (QED) is 0.657. The normalized spacial score (nSPS) is 22.0. The number of fused-ring (bicyclic) bond motifs is 1. The highest BCUT2D eigenvalue weighted by molar-refractivity contribution is 5.94. The zero-order valence-corrected chi connectivity index (χ0v) is 20.7. The Morgan fingerprint density at radius 2 is 1.97 bits per heavy atom. The van der Waals surface area contributed by atoms with Crippen molar-refractivity contribution in [1.82, 2.24) is 20.0 Å². The molecule has 0 radical (unpaired) electrons. The summed E-state index contributed by atoms with van der Waals surface area (Å²) in [5.74, 6) is -0.0975. The molecule has 1 N–H and O–H groups in total. The molecule has 8 heteroatoms. The highest BCUT2D eigenvalue weighted by Gasteiger charge is 2.40. The minimum atomic E-state index is -0.270. The molecule has 0 atom stereocenters. The average molecular weight is 461 g/mol. The molecule has 8 nitrogen and oxygen atoms in total. The summed E-state index contributed by atoms with van der Waals surface area (Å²) >= 11 is 0. The number of hydrogen-bond donors (Lipinski definition) is 1. The van der Waals surface area contributed by atoms with Crippen molar-refractivity contribution in [2.24, 2.45) is 16.7 Å². The van der Waals surface area contributed by atoms with Crippen LogP contribution < -0.4 is 5.32 Å². The molecular weight excluding hydrogens is 420 g/mol. The largest absolute Gasteiger partial charge is 0.465 e. The molecule has 0 saturated carbocycles. The van der Waals surface area contributed by atoms with E-state index >= 15 is 0 Å². The molecule has 3 aliphatic rings. The van der Waals surface area contributed by atoms with Crippen LogP contribution >= 0.6 is 0 Å². The van der Waals surface area contributed by atoms with Crippen LogP contribution in [0, 0.1) is 16.7 Å². The second-order valence-corrected chi connectivity index (χ2v) is 11.1. The van der Waals surface area contributed by atoms with E-state index in [1.165, 1.54) is 0 Å². The van der Waals surface area contributed by atoms with Crippen LogP contribution in [0.1, 0.15) is 68.2 Å². The van der Waals surface area contributed by atoms with Gasteiger partial charge in [0.1, 0.15) is 5.69 Å². The molecule has 33 heavy (non-hydrogen) atoms. The van der Waals surface area contributed by atoms with Gasteiger partial charge in [-0.25, -0.2) is 0 Å². The summed E-state index contributed by atoms with van der Waals surface area (Å²) in [6.07, 6.45) is 5.13. The molecule has 1 aromatic rings. The van der Waals surface area contributed by atoms with E-state index in [9.17, 15) is 9.59 Å². The lowest BCUT2D eigenvalue weighted by atomic mass is 9.74. The number of hydrogen-bond acceptors (Lipinski definition) is 6. The van der Waals surface area contributed by atoms with Crippen LogP contribution in [-0.4, -0.2) is 73.1 Å². The van der Waals surface area contributed by atoms with E-state index in [-0.39, 0.29) is 28.6 Å². The van der Waals surface area contributed by atoms with E-state index in [2.05, 4.69) is 31.1 Å². The number of aryl methyl sites for hydroxylation is 1. The molecule has 2 saturated heterocycles. The van der Waals surface area contributed by atoms with Crippen molar-refractivity contribution in [2.75, 3.05) is 46.5 Å². The highest BCUT2D eigenvalue weighted by atomic mass is 16.5. The molecule has 1 spiro atoms. The van der Waals surface area contributed by atoms with Gasteiger partial charge in [-0.15, -0.1) is 0 Å². The maximum absolute atomic E-state index is 13.0. The van der Waals surface area contributed by atoms with Gasteiger partial charge >= 0.3 is 5.97 Å². The standard InChI is InChI=1S/C25H40N4O4/c1-5-29-21-19(14-25(16-26-22(21)30)8-12-32-13-9-25)20(27-29)15-24(2,3)17-33-23(31)18-6-10-28(4)11-7-18/h18H,5-17H2,1-4H3,(H,26,30). The van der Waals surface area contributed by atoms with Gasteiger partial charge in [0.15, 0.2) is 0 Å². The van der Waals surface area contributed by atoms with Crippen molar-refractivity contribution in [1.29, 1.82) is 0 Å². The maximum atomic E-state index is 13.0. The lowest BCUT2D eigenvalue weighted by Gasteiger charge is -2.36. The molecule has 3 aliphatic heterocycles. The van der Waals surface area contributed by atoms with E-state index in [0.29, 0.717) is 31.8 Å². The number of carbonyl (C=O) groups excluding carboxylic acids is 2. The van der Waals surface area contributed by atoms with Crippen LogP contribution in [0.25, 0.3) is 0 Å².